The van der Waals surface area contributed by atoms with Gasteiger partial charge in [-0.15, -0.1) is 0 Å². The smallest absolute Gasteiger partial charge is 0.162 e. The maximum atomic E-state index is 13.4. The zero-order valence-corrected chi connectivity index (χ0v) is 15.6. The molecular formula is C22H21FN2O2. The van der Waals surface area contributed by atoms with Gasteiger partial charge in [0.1, 0.15) is 5.82 Å². The van der Waals surface area contributed by atoms with Crippen molar-refractivity contribution in [1.29, 1.82) is 0 Å². The van der Waals surface area contributed by atoms with Gasteiger partial charge in [0.15, 0.2) is 11.5 Å². The van der Waals surface area contributed by atoms with Crippen LogP contribution in [0, 0.1) is 5.82 Å². The van der Waals surface area contributed by atoms with Gasteiger partial charge in [0, 0.05) is 23.4 Å². The Bertz CT molecular complexity index is 1010. The number of hydrogen-bond donors (Lipinski definition) is 0. The van der Waals surface area contributed by atoms with Gasteiger partial charge in [0.25, 0.3) is 0 Å². The van der Waals surface area contributed by atoms with Gasteiger partial charge < -0.3 is 14.0 Å². The van der Waals surface area contributed by atoms with Crippen LogP contribution in [0.3, 0.4) is 0 Å². The minimum Gasteiger partial charge on any atom is -0.493 e. The highest BCUT2D eigenvalue weighted by Crippen LogP contribution is 2.40. The van der Waals surface area contributed by atoms with Crippen LogP contribution >= 0.6 is 0 Å². The van der Waals surface area contributed by atoms with Crippen molar-refractivity contribution < 1.29 is 13.9 Å². The number of methoxy groups -OCH3 is 2. The Morgan fingerprint density at radius 2 is 1.74 bits per heavy atom. The summed E-state index contributed by atoms with van der Waals surface area (Å²) in [4.78, 5) is 5.06. The first-order valence-electron chi connectivity index (χ1n) is 8.94. The Balaban J connectivity index is 1.98. The van der Waals surface area contributed by atoms with E-state index in [1.165, 1.54) is 12.1 Å². The van der Waals surface area contributed by atoms with E-state index in [0.29, 0.717) is 11.5 Å². The summed E-state index contributed by atoms with van der Waals surface area (Å²) < 4.78 is 26.5. The summed E-state index contributed by atoms with van der Waals surface area (Å²) in [5, 5.41) is 0. The molecule has 2 aromatic carbocycles. The van der Waals surface area contributed by atoms with Crippen molar-refractivity contribution in [2.75, 3.05) is 14.2 Å². The molecule has 0 unspecified atom stereocenters. The Morgan fingerprint density at radius 3 is 2.41 bits per heavy atom. The van der Waals surface area contributed by atoms with E-state index < -0.39 is 0 Å². The third-order valence-corrected chi connectivity index (χ3v) is 4.93. The van der Waals surface area contributed by atoms with Crippen molar-refractivity contribution >= 4 is 5.71 Å². The number of ether oxygens (including phenoxy) is 2. The van der Waals surface area contributed by atoms with E-state index in [-0.39, 0.29) is 11.9 Å². The number of aliphatic imine (C=N–C) groups is 1. The lowest BCUT2D eigenvalue weighted by Crippen LogP contribution is -2.08. The number of benzene rings is 2. The van der Waals surface area contributed by atoms with Crippen molar-refractivity contribution in [2.45, 2.75) is 19.4 Å². The Labute approximate surface area is 157 Å². The third kappa shape index (κ3) is 2.89. The lowest BCUT2D eigenvalue weighted by molar-refractivity contribution is 0.354. The summed E-state index contributed by atoms with van der Waals surface area (Å²) >= 11 is 0. The van der Waals surface area contributed by atoms with E-state index in [0.717, 1.165) is 34.6 Å². The van der Waals surface area contributed by atoms with Crippen LogP contribution < -0.4 is 9.47 Å². The zero-order chi connectivity index (χ0) is 19.0. The zero-order valence-electron chi connectivity index (χ0n) is 15.6. The van der Waals surface area contributed by atoms with Crippen LogP contribution in [0.15, 0.2) is 59.7 Å². The SMILES string of the molecule is CC[C@@H]1N=C(c2ccc(F)cc2)c2cccn2-c2cc(OC)c(OC)cc21. The van der Waals surface area contributed by atoms with Gasteiger partial charge in [0.05, 0.1) is 37.4 Å². The second-order valence-electron chi connectivity index (χ2n) is 6.44. The lowest BCUT2D eigenvalue weighted by Gasteiger charge is -2.18. The van der Waals surface area contributed by atoms with E-state index in [4.69, 9.17) is 14.5 Å². The van der Waals surface area contributed by atoms with Gasteiger partial charge in [-0.3, -0.25) is 4.99 Å². The first-order chi connectivity index (χ1) is 13.2. The highest BCUT2D eigenvalue weighted by atomic mass is 19.1. The minimum atomic E-state index is -0.256. The summed E-state index contributed by atoms with van der Waals surface area (Å²) in [5.74, 6) is 1.10. The fraction of sp³-hybridized carbons (Fsp3) is 0.227. The van der Waals surface area contributed by atoms with E-state index >= 15 is 0 Å². The first kappa shape index (κ1) is 17.3. The van der Waals surface area contributed by atoms with Gasteiger partial charge in [-0.1, -0.05) is 6.92 Å². The summed E-state index contributed by atoms with van der Waals surface area (Å²) in [6.07, 6.45) is 2.84. The van der Waals surface area contributed by atoms with Crippen LogP contribution in [0.1, 0.15) is 36.2 Å². The second-order valence-corrected chi connectivity index (χ2v) is 6.44. The van der Waals surface area contributed by atoms with E-state index in [1.54, 1.807) is 26.4 Å². The average Bonchev–Trinajstić information content (AvgIpc) is 3.14. The van der Waals surface area contributed by atoms with Gasteiger partial charge in [-0.05, 0) is 48.9 Å². The van der Waals surface area contributed by atoms with Crippen molar-refractivity contribution in [1.82, 2.24) is 4.57 Å². The molecule has 0 amide bonds. The van der Waals surface area contributed by atoms with Crippen molar-refractivity contribution in [3.05, 3.63) is 77.4 Å². The van der Waals surface area contributed by atoms with Crippen LogP contribution in [0.5, 0.6) is 11.5 Å². The minimum absolute atomic E-state index is 0.0419. The molecule has 0 saturated carbocycles. The van der Waals surface area contributed by atoms with Crippen LogP contribution in [0.25, 0.3) is 5.69 Å². The standard InChI is InChI=1S/C22H21FN2O2/c1-4-17-16-12-20(26-2)21(27-3)13-19(16)25-11-5-6-18(25)22(24-17)14-7-9-15(23)10-8-14/h5-13,17H,4H2,1-3H3/t17-/m0/s1. The molecule has 27 heavy (non-hydrogen) atoms. The molecule has 4 rings (SSSR count). The number of aromatic nitrogens is 1. The molecule has 0 radical (unpaired) electrons. The number of rotatable bonds is 4. The third-order valence-electron chi connectivity index (χ3n) is 4.93. The topological polar surface area (TPSA) is 35.8 Å². The number of hydrogen-bond acceptors (Lipinski definition) is 3. The molecule has 0 N–H and O–H groups in total. The highest BCUT2D eigenvalue weighted by molar-refractivity contribution is 6.12. The van der Waals surface area contributed by atoms with E-state index in [2.05, 4.69) is 11.5 Å². The molecule has 1 aromatic heterocycles. The maximum Gasteiger partial charge on any atom is 0.162 e. The molecule has 2 heterocycles. The molecule has 4 nitrogen and oxygen atoms in total. The van der Waals surface area contributed by atoms with Crippen LogP contribution in [0.2, 0.25) is 0 Å². The molecule has 1 aliphatic rings. The molecule has 0 fully saturated rings. The molecule has 0 spiro atoms. The van der Waals surface area contributed by atoms with E-state index in [9.17, 15) is 4.39 Å². The maximum absolute atomic E-state index is 13.4. The van der Waals surface area contributed by atoms with Crippen molar-refractivity contribution in [3.63, 3.8) is 0 Å². The Kier molecular flexibility index (Phi) is 4.44. The van der Waals surface area contributed by atoms with Crippen LogP contribution in [0.4, 0.5) is 4.39 Å². The molecule has 1 aliphatic heterocycles. The van der Waals surface area contributed by atoms with Gasteiger partial charge in [-0.25, -0.2) is 4.39 Å². The Morgan fingerprint density at radius 1 is 1.04 bits per heavy atom. The Hall–Kier alpha value is -3.08. The summed E-state index contributed by atoms with van der Waals surface area (Å²) in [6, 6.07) is 14.4. The van der Waals surface area contributed by atoms with Gasteiger partial charge >= 0.3 is 0 Å². The highest BCUT2D eigenvalue weighted by Gasteiger charge is 2.25. The van der Waals surface area contributed by atoms with Crippen molar-refractivity contribution in [2.24, 2.45) is 4.99 Å². The second kappa shape index (κ2) is 6.91. The molecule has 0 aliphatic carbocycles. The fourth-order valence-electron chi connectivity index (χ4n) is 3.58. The predicted octanol–water partition coefficient (Wildman–Crippen LogP) is 4.94. The van der Waals surface area contributed by atoms with Gasteiger partial charge in [-0.2, -0.15) is 0 Å². The number of fused-ring (bicyclic) bond motifs is 3. The lowest BCUT2D eigenvalue weighted by atomic mass is 10.0. The monoisotopic (exact) mass is 364 g/mol. The quantitative estimate of drug-likeness (QED) is 0.658. The predicted molar refractivity (Wildman–Crippen MR) is 104 cm³/mol. The molecule has 3 aromatic rings. The summed E-state index contributed by atoms with van der Waals surface area (Å²) in [6.45, 7) is 2.11. The van der Waals surface area contributed by atoms with Gasteiger partial charge in [0.2, 0.25) is 0 Å². The van der Waals surface area contributed by atoms with E-state index in [1.807, 2.05) is 30.5 Å². The average molecular weight is 364 g/mol. The fourth-order valence-corrected chi connectivity index (χ4v) is 3.58. The molecule has 0 saturated heterocycles. The molecule has 0 bridgehead atoms. The molecule has 138 valence electrons. The van der Waals surface area contributed by atoms with Crippen molar-refractivity contribution in [3.8, 4) is 17.2 Å². The summed E-state index contributed by atoms with van der Waals surface area (Å²) in [7, 11) is 3.27. The van der Waals surface area contributed by atoms with Crippen LogP contribution in [-0.2, 0) is 0 Å². The molecule has 5 heteroatoms. The largest absolute Gasteiger partial charge is 0.493 e. The van der Waals surface area contributed by atoms with Crippen LogP contribution in [-0.4, -0.2) is 24.5 Å². The number of nitrogens with zero attached hydrogens (tertiary/aromatic N) is 2. The molecule has 1 atom stereocenters. The normalized spacial score (nSPS) is 15.4. The first-order valence-corrected chi connectivity index (χ1v) is 8.94. The summed E-state index contributed by atoms with van der Waals surface area (Å²) in [5.41, 5.74) is 4.79. The molecular weight excluding hydrogens is 343 g/mol. The number of halogens is 1.